The number of hydrogen-bond acceptors (Lipinski definition) is 6. The highest BCUT2D eigenvalue weighted by molar-refractivity contribution is 8.24. The zero-order chi connectivity index (χ0) is 15.0. The fourth-order valence-electron chi connectivity index (χ4n) is 1.49. The Morgan fingerprint density at radius 1 is 1.30 bits per heavy atom. The lowest BCUT2D eigenvalue weighted by molar-refractivity contribution is -0.140. The van der Waals surface area contributed by atoms with E-state index in [1.165, 1.54) is 18.9 Å². The van der Waals surface area contributed by atoms with E-state index in [9.17, 15) is 9.59 Å². The Labute approximate surface area is 127 Å². The average molecular weight is 314 g/mol. The number of esters is 1. The summed E-state index contributed by atoms with van der Waals surface area (Å²) in [6.45, 7) is 1.54. The first-order valence-corrected chi connectivity index (χ1v) is 7.99. The van der Waals surface area contributed by atoms with Gasteiger partial charge in [0, 0.05) is 12.7 Å². The SMILES string of the molecule is COC(=O)CCSC(SC(C)=O)c1cccc(OC)c1. The van der Waals surface area contributed by atoms with E-state index < -0.39 is 0 Å². The van der Waals surface area contributed by atoms with Crippen LogP contribution in [0.5, 0.6) is 5.75 Å². The smallest absolute Gasteiger partial charge is 0.306 e. The Morgan fingerprint density at radius 2 is 2.05 bits per heavy atom. The summed E-state index contributed by atoms with van der Waals surface area (Å²) < 4.78 is 9.75. The highest BCUT2D eigenvalue weighted by Crippen LogP contribution is 2.41. The molecule has 0 bridgehead atoms. The van der Waals surface area contributed by atoms with Gasteiger partial charge in [0.05, 0.1) is 25.2 Å². The lowest BCUT2D eigenvalue weighted by Crippen LogP contribution is -2.03. The Bertz CT molecular complexity index is 462. The second-order valence-electron chi connectivity index (χ2n) is 3.91. The van der Waals surface area contributed by atoms with Crippen molar-refractivity contribution in [1.29, 1.82) is 0 Å². The van der Waals surface area contributed by atoms with Gasteiger partial charge in [0.25, 0.3) is 0 Å². The second-order valence-corrected chi connectivity index (χ2v) is 6.71. The third-order valence-corrected chi connectivity index (χ3v) is 4.97. The van der Waals surface area contributed by atoms with Crippen molar-refractivity contribution in [3.05, 3.63) is 29.8 Å². The number of carbonyl (C=O) groups is 2. The summed E-state index contributed by atoms with van der Waals surface area (Å²) in [4.78, 5) is 22.5. The molecule has 6 heteroatoms. The Hall–Kier alpha value is -1.14. The maximum Gasteiger partial charge on any atom is 0.306 e. The maximum atomic E-state index is 11.4. The summed E-state index contributed by atoms with van der Waals surface area (Å²) in [5, 5.41) is 0.0448. The molecule has 4 nitrogen and oxygen atoms in total. The second kappa shape index (κ2) is 8.92. The van der Waals surface area contributed by atoms with Crippen molar-refractivity contribution >= 4 is 34.6 Å². The van der Waals surface area contributed by atoms with Crippen LogP contribution in [-0.2, 0) is 14.3 Å². The van der Waals surface area contributed by atoms with Gasteiger partial charge in [0.1, 0.15) is 5.75 Å². The van der Waals surface area contributed by atoms with Crippen LogP contribution >= 0.6 is 23.5 Å². The van der Waals surface area contributed by atoms with E-state index >= 15 is 0 Å². The fourth-order valence-corrected chi connectivity index (χ4v) is 3.88. The molecule has 0 saturated carbocycles. The molecule has 0 aliphatic rings. The van der Waals surface area contributed by atoms with E-state index in [4.69, 9.17) is 4.74 Å². The van der Waals surface area contributed by atoms with E-state index in [1.807, 2.05) is 24.3 Å². The first kappa shape index (κ1) is 16.9. The first-order chi connectivity index (χ1) is 9.56. The topological polar surface area (TPSA) is 52.6 Å². The van der Waals surface area contributed by atoms with Gasteiger partial charge >= 0.3 is 5.97 Å². The minimum atomic E-state index is -0.241. The molecule has 0 aliphatic heterocycles. The molecule has 0 spiro atoms. The number of benzene rings is 1. The van der Waals surface area contributed by atoms with Crippen LogP contribution in [-0.4, -0.2) is 31.1 Å². The van der Waals surface area contributed by atoms with Crippen molar-refractivity contribution in [1.82, 2.24) is 0 Å². The van der Waals surface area contributed by atoms with Crippen LogP contribution in [0, 0.1) is 0 Å². The summed E-state index contributed by atoms with van der Waals surface area (Å²) >= 11 is 2.80. The molecule has 1 aromatic carbocycles. The van der Waals surface area contributed by atoms with Gasteiger partial charge in [-0.05, 0) is 17.7 Å². The predicted octanol–water partition coefficient (Wildman–Crippen LogP) is 3.27. The van der Waals surface area contributed by atoms with E-state index in [2.05, 4.69) is 4.74 Å². The minimum absolute atomic E-state index is 0.0448. The molecule has 0 fully saturated rings. The maximum absolute atomic E-state index is 11.4. The fraction of sp³-hybridized carbons (Fsp3) is 0.429. The largest absolute Gasteiger partial charge is 0.497 e. The zero-order valence-corrected chi connectivity index (χ0v) is 13.4. The van der Waals surface area contributed by atoms with Crippen LogP contribution in [0.25, 0.3) is 0 Å². The lowest BCUT2D eigenvalue weighted by Gasteiger charge is -2.15. The molecule has 0 saturated heterocycles. The highest BCUT2D eigenvalue weighted by Gasteiger charge is 2.16. The monoisotopic (exact) mass is 314 g/mol. The van der Waals surface area contributed by atoms with Gasteiger partial charge in [0.15, 0.2) is 5.12 Å². The standard InChI is InChI=1S/C14H18O4S2/c1-10(15)20-14(19-8-7-13(16)18-3)11-5-4-6-12(9-11)17-2/h4-6,9,14H,7-8H2,1-3H3. The van der Waals surface area contributed by atoms with Gasteiger partial charge in [-0.2, -0.15) is 0 Å². The molecule has 1 atom stereocenters. The summed E-state index contributed by atoms with van der Waals surface area (Å²) in [5.41, 5.74) is 0.999. The summed E-state index contributed by atoms with van der Waals surface area (Å²) in [5.74, 6) is 1.12. The molecular formula is C14H18O4S2. The van der Waals surface area contributed by atoms with Crippen LogP contribution in [0.3, 0.4) is 0 Å². The van der Waals surface area contributed by atoms with Gasteiger partial charge in [-0.15, -0.1) is 11.8 Å². The Kier molecular flexibility index (Phi) is 7.54. The summed E-state index contributed by atoms with van der Waals surface area (Å²) in [6, 6.07) is 7.61. The number of thioether (sulfide) groups is 2. The zero-order valence-electron chi connectivity index (χ0n) is 11.8. The summed E-state index contributed by atoms with van der Waals surface area (Å²) in [6.07, 6.45) is 0.333. The van der Waals surface area contributed by atoms with Crippen molar-refractivity contribution in [3.8, 4) is 5.75 Å². The Morgan fingerprint density at radius 3 is 2.65 bits per heavy atom. The molecule has 0 amide bonds. The van der Waals surface area contributed by atoms with E-state index in [-0.39, 0.29) is 15.7 Å². The Balaban J connectivity index is 2.72. The molecule has 0 aromatic heterocycles. The highest BCUT2D eigenvalue weighted by atomic mass is 32.2. The molecule has 0 heterocycles. The van der Waals surface area contributed by atoms with Crippen molar-refractivity contribution < 1.29 is 19.1 Å². The number of ether oxygens (including phenoxy) is 2. The molecule has 20 heavy (non-hydrogen) atoms. The van der Waals surface area contributed by atoms with E-state index in [0.717, 1.165) is 11.3 Å². The van der Waals surface area contributed by atoms with Crippen LogP contribution in [0.1, 0.15) is 23.5 Å². The molecule has 110 valence electrons. The molecular weight excluding hydrogens is 296 g/mol. The van der Waals surface area contributed by atoms with Gasteiger partial charge in [-0.3, -0.25) is 9.59 Å². The normalized spacial score (nSPS) is 11.8. The van der Waals surface area contributed by atoms with Gasteiger partial charge < -0.3 is 9.47 Å². The molecule has 0 aliphatic carbocycles. The molecule has 0 radical (unpaired) electrons. The van der Waals surface area contributed by atoms with E-state index in [0.29, 0.717) is 12.2 Å². The summed E-state index contributed by atoms with van der Waals surface area (Å²) in [7, 11) is 2.98. The van der Waals surface area contributed by atoms with Crippen molar-refractivity contribution in [3.63, 3.8) is 0 Å². The van der Waals surface area contributed by atoms with Gasteiger partial charge in [0.2, 0.25) is 0 Å². The van der Waals surface area contributed by atoms with Crippen LogP contribution < -0.4 is 4.74 Å². The molecule has 1 unspecified atom stereocenters. The van der Waals surface area contributed by atoms with E-state index in [1.54, 1.807) is 25.8 Å². The van der Waals surface area contributed by atoms with Crippen LogP contribution in [0.4, 0.5) is 0 Å². The lowest BCUT2D eigenvalue weighted by atomic mass is 10.2. The number of carbonyl (C=O) groups excluding carboxylic acids is 2. The first-order valence-electron chi connectivity index (χ1n) is 6.06. The van der Waals surface area contributed by atoms with Crippen LogP contribution in [0.15, 0.2) is 24.3 Å². The van der Waals surface area contributed by atoms with Crippen molar-refractivity contribution in [2.45, 2.75) is 17.9 Å². The third kappa shape index (κ3) is 5.88. The van der Waals surface area contributed by atoms with Crippen LogP contribution in [0.2, 0.25) is 0 Å². The van der Waals surface area contributed by atoms with Crippen molar-refractivity contribution in [2.75, 3.05) is 20.0 Å². The van der Waals surface area contributed by atoms with Crippen molar-refractivity contribution in [2.24, 2.45) is 0 Å². The predicted molar refractivity (Wildman–Crippen MR) is 83.1 cm³/mol. The number of methoxy groups -OCH3 is 2. The number of hydrogen-bond donors (Lipinski definition) is 0. The quantitative estimate of drug-likeness (QED) is 0.569. The molecule has 1 rings (SSSR count). The van der Waals surface area contributed by atoms with Gasteiger partial charge in [-0.25, -0.2) is 0 Å². The third-order valence-electron chi connectivity index (χ3n) is 2.44. The molecule has 0 N–H and O–H groups in total. The van der Waals surface area contributed by atoms with Gasteiger partial charge in [-0.1, -0.05) is 23.9 Å². The minimum Gasteiger partial charge on any atom is -0.497 e. The molecule has 1 aromatic rings. The average Bonchev–Trinajstić information content (AvgIpc) is 2.45. The number of rotatable bonds is 7.